The third-order valence-corrected chi connectivity index (χ3v) is 7.86. The molecule has 0 radical (unpaired) electrons. The molecule has 0 aliphatic heterocycles. The number of carbonyl (C=O) groups excluding carboxylic acids is 1. The smallest absolute Gasteiger partial charge is 0.333 e. The van der Waals surface area contributed by atoms with Gasteiger partial charge in [-0.3, -0.25) is 4.79 Å². The summed E-state index contributed by atoms with van der Waals surface area (Å²) in [4.78, 5) is 19.6. The summed E-state index contributed by atoms with van der Waals surface area (Å²) in [7, 11) is 0. The van der Waals surface area contributed by atoms with Crippen molar-refractivity contribution in [2.75, 3.05) is 5.32 Å². The number of alkyl halides is 3. The van der Waals surface area contributed by atoms with Crippen LogP contribution in [-0.4, -0.2) is 31.5 Å². The monoisotopic (exact) mass is 650 g/mol. The van der Waals surface area contributed by atoms with Gasteiger partial charge in [0.15, 0.2) is 5.11 Å². The zero-order valence-corrected chi connectivity index (χ0v) is 26.2. The summed E-state index contributed by atoms with van der Waals surface area (Å²) in [5.41, 5.74) is 8.39. The average molecular weight is 651 g/mol. The molecule has 0 fully saturated rings. The number of benzene rings is 3. The normalized spacial score (nSPS) is 12.8. The molecule has 0 bridgehead atoms. The van der Waals surface area contributed by atoms with E-state index in [0.29, 0.717) is 29.9 Å². The van der Waals surface area contributed by atoms with Crippen molar-refractivity contribution in [3.63, 3.8) is 0 Å². The Balaban J connectivity index is 1.64. The van der Waals surface area contributed by atoms with Crippen molar-refractivity contribution in [3.8, 4) is 6.07 Å². The summed E-state index contributed by atoms with van der Waals surface area (Å²) >= 11 is 5.66. The molecule has 1 aromatic heterocycles. The van der Waals surface area contributed by atoms with Gasteiger partial charge in [0.1, 0.15) is 11.6 Å². The molecule has 240 valence electrons. The minimum absolute atomic E-state index is 0.0106. The SMILES string of the molecule is CC(C)C[C@H](C(=O)Cc1cncn1Cc1ccc(C#N)cc1)C(N)N(Cc1ccccc1C(F)(F)F)C(=S)Nc1ccc(F)cc1. The molecule has 1 heterocycles. The lowest BCUT2D eigenvalue weighted by Crippen LogP contribution is -2.53. The van der Waals surface area contributed by atoms with Crippen molar-refractivity contribution in [2.45, 2.75) is 52.1 Å². The molecule has 0 spiro atoms. The molecule has 1 unspecified atom stereocenters. The minimum atomic E-state index is -4.63. The van der Waals surface area contributed by atoms with Crippen molar-refractivity contribution < 1.29 is 22.4 Å². The van der Waals surface area contributed by atoms with E-state index < -0.39 is 29.6 Å². The molecule has 3 aromatic carbocycles. The van der Waals surface area contributed by atoms with Gasteiger partial charge >= 0.3 is 6.18 Å². The summed E-state index contributed by atoms with van der Waals surface area (Å²) in [6, 6.07) is 19.6. The Bertz CT molecular complexity index is 1680. The number of nitrogens with one attached hydrogen (secondary N) is 1. The lowest BCUT2D eigenvalue weighted by molar-refractivity contribution is -0.138. The van der Waals surface area contributed by atoms with E-state index in [1.54, 1.807) is 24.7 Å². The van der Waals surface area contributed by atoms with Crippen LogP contribution in [0.15, 0.2) is 85.3 Å². The highest BCUT2D eigenvalue weighted by molar-refractivity contribution is 7.80. The highest BCUT2D eigenvalue weighted by atomic mass is 32.1. The number of rotatable bonds is 12. The number of imidazole rings is 1. The van der Waals surface area contributed by atoms with Gasteiger partial charge in [-0.15, -0.1) is 0 Å². The first-order valence-corrected chi connectivity index (χ1v) is 15.0. The Morgan fingerprint density at radius 2 is 1.76 bits per heavy atom. The second kappa shape index (κ2) is 15.1. The number of nitrogens with zero attached hydrogens (tertiary/aromatic N) is 4. The third-order valence-electron chi connectivity index (χ3n) is 7.52. The summed E-state index contributed by atoms with van der Waals surface area (Å²) in [6.45, 7) is 3.95. The number of aromatic nitrogens is 2. The van der Waals surface area contributed by atoms with Crippen LogP contribution in [0.1, 0.15) is 48.2 Å². The lowest BCUT2D eigenvalue weighted by atomic mass is 9.88. The molecule has 4 aromatic rings. The molecular formula is C34H34F4N6OS. The molecule has 7 nitrogen and oxygen atoms in total. The molecule has 0 saturated carbocycles. The van der Waals surface area contributed by atoms with Crippen LogP contribution >= 0.6 is 12.2 Å². The number of halogens is 4. The third kappa shape index (κ3) is 8.99. The topological polar surface area (TPSA) is 100.0 Å². The first-order chi connectivity index (χ1) is 21.8. The summed E-state index contributed by atoms with van der Waals surface area (Å²) in [6.07, 6.45) is -2.20. The minimum Gasteiger partial charge on any atom is -0.333 e. The maximum Gasteiger partial charge on any atom is 0.416 e. The van der Waals surface area contributed by atoms with Gasteiger partial charge in [0, 0.05) is 37.1 Å². The van der Waals surface area contributed by atoms with Gasteiger partial charge in [0.25, 0.3) is 0 Å². The summed E-state index contributed by atoms with van der Waals surface area (Å²) in [5, 5.41) is 12.0. The van der Waals surface area contributed by atoms with Crippen LogP contribution in [0.4, 0.5) is 23.2 Å². The number of hydrogen-bond acceptors (Lipinski definition) is 5. The number of nitrogens with two attached hydrogens (primary N) is 1. The van der Waals surface area contributed by atoms with Crippen LogP contribution in [0.3, 0.4) is 0 Å². The van der Waals surface area contributed by atoms with E-state index in [9.17, 15) is 22.4 Å². The van der Waals surface area contributed by atoms with Crippen molar-refractivity contribution in [3.05, 3.63) is 119 Å². The maximum atomic E-state index is 14.0. The standard InChI is InChI=1S/C34H34F4N6OS/c1-22(2)15-29(31(45)16-28-18-41-21-43(28)19-24-9-7-23(17-39)8-10-24)32(40)44(33(46)42-27-13-11-26(35)12-14-27)20-25-5-3-4-6-30(25)34(36,37)38/h3-14,18,21-22,29,32H,15-16,19-20,40H2,1-2H3,(H,42,46)/t29-,32?/m1/s1. The van der Waals surface area contributed by atoms with Crippen LogP contribution in [0.5, 0.6) is 0 Å². The largest absolute Gasteiger partial charge is 0.416 e. The van der Waals surface area contributed by atoms with Gasteiger partial charge in [-0.25, -0.2) is 9.37 Å². The zero-order chi connectivity index (χ0) is 33.4. The number of carbonyl (C=O) groups is 1. The maximum absolute atomic E-state index is 14.0. The van der Waals surface area contributed by atoms with E-state index in [1.165, 1.54) is 47.4 Å². The second-order valence-electron chi connectivity index (χ2n) is 11.4. The second-order valence-corrected chi connectivity index (χ2v) is 11.8. The highest BCUT2D eigenvalue weighted by Crippen LogP contribution is 2.33. The first kappa shape index (κ1) is 34.3. The van der Waals surface area contributed by atoms with Gasteiger partial charge in [0.05, 0.1) is 35.6 Å². The van der Waals surface area contributed by atoms with Crippen LogP contribution in [0.25, 0.3) is 0 Å². The average Bonchev–Trinajstić information content (AvgIpc) is 3.45. The van der Waals surface area contributed by atoms with E-state index in [1.807, 2.05) is 30.5 Å². The Morgan fingerprint density at radius 1 is 1.09 bits per heavy atom. The predicted octanol–water partition coefficient (Wildman–Crippen LogP) is 6.92. The van der Waals surface area contributed by atoms with Crippen molar-refractivity contribution in [1.82, 2.24) is 14.5 Å². The fourth-order valence-electron chi connectivity index (χ4n) is 5.17. The Morgan fingerprint density at radius 3 is 2.39 bits per heavy atom. The molecule has 0 aliphatic rings. The molecule has 0 aliphatic carbocycles. The number of ketones is 1. The van der Waals surface area contributed by atoms with Crippen LogP contribution < -0.4 is 11.1 Å². The van der Waals surface area contributed by atoms with Gasteiger partial charge in [0.2, 0.25) is 0 Å². The van der Waals surface area contributed by atoms with Crippen molar-refractivity contribution >= 4 is 28.8 Å². The molecular weight excluding hydrogens is 616 g/mol. The number of hydrogen-bond donors (Lipinski definition) is 2. The van der Waals surface area contributed by atoms with Crippen molar-refractivity contribution in [2.24, 2.45) is 17.6 Å². The summed E-state index contributed by atoms with van der Waals surface area (Å²) < 4.78 is 57.3. The fraction of sp³-hybridized carbons (Fsp3) is 0.294. The Labute approximate surface area is 270 Å². The van der Waals surface area contributed by atoms with Crippen LogP contribution in [-0.2, 0) is 30.5 Å². The highest BCUT2D eigenvalue weighted by Gasteiger charge is 2.36. The van der Waals surface area contributed by atoms with E-state index in [0.717, 1.165) is 11.6 Å². The Kier molecular flexibility index (Phi) is 11.3. The lowest BCUT2D eigenvalue weighted by Gasteiger charge is -2.37. The van der Waals surface area contributed by atoms with Crippen molar-refractivity contribution in [1.29, 1.82) is 5.26 Å². The number of Topliss-reactive ketones (excluding diaryl/α,β-unsaturated/α-hetero) is 1. The van der Waals surface area contributed by atoms with Crippen LogP contribution in [0, 0.1) is 29.0 Å². The molecule has 4 rings (SSSR count). The Hall–Kier alpha value is -4.60. The molecule has 46 heavy (non-hydrogen) atoms. The predicted molar refractivity (Wildman–Crippen MR) is 172 cm³/mol. The molecule has 3 N–H and O–H groups in total. The van der Waals surface area contributed by atoms with Gasteiger partial charge in [-0.1, -0.05) is 44.2 Å². The van der Waals surface area contributed by atoms with Gasteiger partial charge in [-0.05, 0) is 78.1 Å². The van der Waals surface area contributed by atoms with Crippen LogP contribution in [0.2, 0.25) is 0 Å². The van der Waals surface area contributed by atoms with E-state index >= 15 is 0 Å². The molecule has 0 saturated heterocycles. The number of anilines is 1. The van der Waals surface area contributed by atoms with Gasteiger partial charge in [-0.2, -0.15) is 18.4 Å². The molecule has 12 heteroatoms. The molecule has 2 atom stereocenters. The first-order valence-electron chi connectivity index (χ1n) is 14.6. The molecule has 0 amide bonds. The van der Waals surface area contributed by atoms with E-state index in [4.69, 9.17) is 23.2 Å². The number of nitriles is 1. The van der Waals surface area contributed by atoms with E-state index in [2.05, 4.69) is 16.4 Å². The fourth-order valence-corrected chi connectivity index (χ4v) is 5.48. The van der Waals surface area contributed by atoms with E-state index in [-0.39, 0.29) is 35.3 Å². The summed E-state index contributed by atoms with van der Waals surface area (Å²) in [5.74, 6) is -1.48. The zero-order valence-electron chi connectivity index (χ0n) is 25.3. The quantitative estimate of drug-likeness (QED) is 0.0976. The van der Waals surface area contributed by atoms with Gasteiger partial charge < -0.3 is 20.5 Å². The number of thiocarbonyl (C=S) groups is 1.